The van der Waals surface area contributed by atoms with Crippen LogP contribution in [-0.2, 0) is 10.0 Å². The Kier molecular flexibility index (Phi) is 5.96. The molecule has 0 aliphatic carbocycles. The van der Waals surface area contributed by atoms with Gasteiger partial charge in [-0.3, -0.25) is 0 Å². The van der Waals surface area contributed by atoms with Crippen molar-refractivity contribution in [3.05, 3.63) is 101 Å². The maximum Gasteiger partial charge on any atom is 0.264 e. The Morgan fingerprint density at radius 1 is 1.00 bits per heavy atom. The number of nitrogens with zero attached hydrogens (tertiary/aromatic N) is 3. The zero-order valence-corrected chi connectivity index (χ0v) is 20.5. The number of rotatable bonds is 6. The number of aromatic nitrogens is 3. The highest BCUT2D eigenvalue weighted by atomic mass is 35.5. The molecule has 5 rings (SSSR count). The number of aryl methyl sites for hydroxylation is 1. The molecule has 3 aromatic carbocycles. The normalized spacial score (nSPS) is 15.1. The van der Waals surface area contributed by atoms with E-state index in [4.69, 9.17) is 16.3 Å². The molecule has 1 aliphatic heterocycles. The second-order valence-electron chi connectivity index (χ2n) is 8.05. The van der Waals surface area contributed by atoms with E-state index in [1.165, 1.54) is 0 Å². The number of hydrogen-bond donors (Lipinski definition) is 2. The smallest absolute Gasteiger partial charge is 0.264 e. The summed E-state index contributed by atoms with van der Waals surface area (Å²) in [6.07, 6.45) is 2.00. The number of methoxy groups -OCH3 is 1. The molecule has 0 amide bonds. The van der Waals surface area contributed by atoms with Gasteiger partial charge < -0.3 is 10.1 Å². The first-order chi connectivity index (χ1) is 16.8. The van der Waals surface area contributed by atoms with Gasteiger partial charge in [0.25, 0.3) is 16.0 Å². The fourth-order valence-corrected chi connectivity index (χ4v) is 4.83. The highest BCUT2D eigenvalue weighted by Gasteiger charge is 2.27. The third-order valence-corrected chi connectivity index (χ3v) is 7.23. The molecular weight excluding hydrogens is 486 g/mol. The first-order valence-corrected chi connectivity index (χ1v) is 12.6. The lowest BCUT2D eigenvalue weighted by Gasteiger charge is -2.24. The first-order valence-electron chi connectivity index (χ1n) is 10.8. The predicted octanol–water partition coefficient (Wildman–Crippen LogP) is 5.11. The number of fused-ring (bicyclic) bond motifs is 1. The van der Waals surface area contributed by atoms with E-state index in [0.29, 0.717) is 11.0 Å². The van der Waals surface area contributed by atoms with Gasteiger partial charge in [0.2, 0.25) is 5.95 Å². The zero-order valence-electron chi connectivity index (χ0n) is 18.9. The third kappa shape index (κ3) is 4.73. The van der Waals surface area contributed by atoms with E-state index >= 15 is 0 Å². The summed E-state index contributed by atoms with van der Waals surface area (Å²) in [4.78, 5) is 4.58. The summed E-state index contributed by atoms with van der Waals surface area (Å²) in [5.74, 6) is 1.10. The summed E-state index contributed by atoms with van der Waals surface area (Å²) in [6.45, 7) is 1.89. The summed E-state index contributed by atoms with van der Waals surface area (Å²) in [6, 6.07) is 21.3. The number of allylic oxidation sites excluding steroid dienone is 1. The number of hydrogen-bond acceptors (Lipinski definition) is 6. The van der Waals surface area contributed by atoms with Gasteiger partial charge in [0.1, 0.15) is 11.8 Å². The molecule has 0 bridgehead atoms. The molecule has 0 spiro atoms. The van der Waals surface area contributed by atoms with Crippen LogP contribution in [0.15, 0.2) is 83.8 Å². The number of nitrogens with one attached hydrogen (secondary N) is 2. The van der Waals surface area contributed by atoms with Gasteiger partial charge in [-0.15, -0.1) is 5.10 Å². The molecule has 1 aromatic heterocycles. The maximum absolute atomic E-state index is 12.9. The lowest BCUT2D eigenvalue weighted by molar-refractivity contribution is 0.414. The van der Waals surface area contributed by atoms with Crippen LogP contribution in [-0.4, -0.2) is 30.3 Å². The zero-order chi connectivity index (χ0) is 24.6. The summed E-state index contributed by atoms with van der Waals surface area (Å²) in [5, 5.41) is 8.37. The first kappa shape index (κ1) is 22.9. The molecule has 35 heavy (non-hydrogen) atoms. The van der Waals surface area contributed by atoms with Crippen molar-refractivity contribution in [3.63, 3.8) is 0 Å². The number of anilines is 2. The Bertz CT molecular complexity index is 1500. The molecule has 8 nitrogen and oxygen atoms in total. The quantitative estimate of drug-likeness (QED) is 0.376. The number of ether oxygens (including phenoxy) is 1. The van der Waals surface area contributed by atoms with Crippen LogP contribution < -0.4 is 14.8 Å². The fourth-order valence-electron chi connectivity index (χ4n) is 3.77. The Labute approximate surface area is 208 Å². The van der Waals surface area contributed by atoms with Crippen LogP contribution in [0.25, 0.3) is 5.70 Å². The summed E-state index contributed by atoms with van der Waals surface area (Å²) in [7, 11) is -2.24. The van der Waals surface area contributed by atoms with Crippen LogP contribution >= 0.6 is 11.6 Å². The maximum atomic E-state index is 12.9. The van der Waals surface area contributed by atoms with Crippen molar-refractivity contribution in [3.8, 4) is 5.75 Å². The molecular formula is C25H22ClN5O3S. The highest BCUT2D eigenvalue weighted by molar-refractivity contribution is 7.92. The minimum absolute atomic E-state index is 0.0302. The average Bonchev–Trinajstić information content (AvgIpc) is 3.26. The minimum Gasteiger partial charge on any atom is -0.497 e. The van der Waals surface area contributed by atoms with E-state index in [9.17, 15) is 8.42 Å². The van der Waals surface area contributed by atoms with Gasteiger partial charge in [-0.25, -0.2) is 17.8 Å². The van der Waals surface area contributed by atoms with Crippen molar-refractivity contribution >= 4 is 39.2 Å². The van der Waals surface area contributed by atoms with E-state index in [2.05, 4.69) is 20.1 Å². The van der Waals surface area contributed by atoms with Crippen molar-refractivity contribution in [2.75, 3.05) is 17.1 Å². The minimum atomic E-state index is -3.86. The molecule has 10 heteroatoms. The topological polar surface area (TPSA) is 98.1 Å². The van der Waals surface area contributed by atoms with Gasteiger partial charge in [0, 0.05) is 10.7 Å². The van der Waals surface area contributed by atoms with Gasteiger partial charge in [-0.05, 0) is 60.5 Å². The molecule has 178 valence electrons. The summed E-state index contributed by atoms with van der Waals surface area (Å²) >= 11 is 6.07. The fraction of sp³-hybridized carbons (Fsp3) is 0.120. The van der Waals surface area contributed by atoms with Crippen LogP contribution in [0, 0.1) is 6.92 Å². The van der Waals surface area contributed by atoms with Crippen LogP contribution in [0.5, 0.6) is 5.75 Å². The number of sulfonamides is 1. The van der Waals surface area contributed by atoms with Crippen LogP contribution in [0.4, 0.5) is 11.9 Å². The lowest BCUT2D eigenvalue weighted by Crippen LogP contribution is -2.20. The van der Waals surface area contributed by atoms with Crippen LogP contribution in [0.2, 0.25) is 5.02 Å². The monoisotopic (exact) mass is 507 g/mol. The molecule has 0 fully saturated rings. The Balaban J connectivity index is 1.53. The predicted molar refractivity (Wildman–Crippen MR) is 136 cm³/mol. The Hall–Kier alpha value is -3.82. The standard InChI is InChI=1S/C25H22ClN5O3S/c1-16-3-13-21(14-4-16)35(32,33)30-24-28-25-27-22(17-5-9-19(26)10-6-17)15-23(31(25)29-24)18-7-11-20(34-2)12-8-18/h3-15,23H,1-2H3,(H2,27,28,29,30)/t23-/m0/s1. The molecule has 0 saturated heterocycles. The second kappa shape index (κ2) is 9.09. The van der Waals surface area contributed by atoms with E-state index in [-0.39, 0.29) is 16.9 Å². The van der Waals surface area contributed by atoms with Crippen molar-refractivity contribution in [1.82, 2.24) is 14.8 Å². The molecule has 2 N–H and O–H groups in total. The van der Waals surface area contributed by atoms with Crippen molar-refractivity contribution in [2.24, 2.45) is 0 Å². The number of halogens is 1. The SMILES string of the molecule is COc1ccc([C@@H]2C=C(c3ccc(Cl)cc3)Nc3nc(NS(=O)(=O)c4ccc(C)cc4)nn32)cc1. The van der Waals surface area contributed by atoms with Crippen molar-refractivity contribution < 1.29 is 13.2 Å². The molecule has 2 heterocycles. The Morgan fingerprint density at radius 3 is 2.34 bits per heavy atom. The van der Waals surface area contributed by atoms with Crippen molar-refractivity contribution in [2.45, 2.75) is 17.9 Å². The lowest BCUT2D eigenvalue weighted by atomic mass is 10.0. The molecule has 1 aliphatic rings. The van der Waals surface area contributed by atoms with E-state index < -0.39 is 10.0 Å². The van der Waals surface area contributed by atoms with Gasteiger partial charge in [-0.2, -0.15) is 4.98 Å². The average molecular weight is 508 g/mol. The van der Waals surface area contributed by atoms with Gasteiger partial charge in [-0.1, -0.05) is 53.6 Å². The highest BCUT2D eigenvalue weighted by Crippen LogP contribution is 2.34. The molecule has 1 atom stereocenters. The number of benzene rings is 3. The van der Waals surface area contributed by atoms with E-state index in [1.807, 2.05) is 61.5 Å². The molecule has 0 saturated carbocycles. The van der Waals surface area contributed by atoms with Crippen LogP contribution in [0.3, 0.4) is 0 Å². The largest absolute Gasteiger partial charge is 0.497 e. The van der Waals surface area contributed by atoms with Crippen molar-refractivity contribution in [1.29, 1.82) is 0 Å². The van der Waals surface area contributed by atoms with Crippen LogP contribution in [0.1, 0.15) is 22.7 Å². The summed E-state index contributed by atoms with van der Waals surface area (Å²) in [5.41, 5.74) is 3.60. The second-order valence-corrected chi connectivity index (χ2v) is 10.2. The van der Waals surface area contributed by atoms with E-state index in [0.717, 1.165) is 28.1 Å². The summed E-state index contributed by atoms with van der Waals surface area (Å²) < 4.78 is 35.2. The van der Waals surface area contributed by atoms with Gasteiger partial charge in [0.05, 0.1) is 12.0 Å². The molecule has 4 aromatic rings. The molecule has 0 unspecified atom stereocenters. The molecule has 0 radical (unpaired) electrons. The Morgan fingerprint density at radius 2 is 1.69 bits per heavy atom. The third-order valence-electron chi connectivity index (χ3n) is 5.64. The van der Waals surface area contributed by atoms with Gasteiger partial charge >= 0.3 is 0 Å². The van der Waals surface area contributed by atoms with E-state index in [1.54, 1.807) is 36.1 Å². The van der Waals surface area contributed by atoms with Gasteiger partial charge in [0.15, 0.2) is 0 Å².